The average Bonchev–Trinajstić information content (AvgIpc) is 3.22. The maximum Gasteiger partial charge on any atom is 0.223 e. The number of para-hydroxylation sites is 1. The number of ether oxygens (including phenoxy) is 2. The zero-order chi connectivity index (χ0) is 21.6. The summed E-state index contributed by atoms with van der Waals surface area (Å²) >= 11 is 0. The van der Waals surface area contributed by atoms with E-state index in [0.29, 0.717) is 6.54 Å². The van der Waals surface area contributed by atoms with Gasteiger partial charge in [-0.3, -0.25) is 9.69 Å². The van der Waals surface area contributed by atoms with Crippen LogP contribution in [-0.4, -0.2) is 49.6 Å². The highest BCUT2D eigenvalue weighted by Crippen LogP contribution is 2.27. The van der Waals surface area contributed by atoms with Gasteiger partial charge in [0.15, 0.2) is 0 Å². The topological polar surface area (TPSA) is 66.6 Å². The van der Waals surface area contributed by atoms with E-state index in [1.54, 1.807) is 14.2 Å². The van der Waals surface area contributed by atoms with Crippen molar-refractivity contribution in [1.82, 2.24) is 15.2 Å². The summed E-state index contributed by atoms with van der Waals surface area (Å²) in [7, 11) is 3.37. The second-order valence-electron chi connectivity index (χ2n) is 8.13. The molecule has 2 heterocycles. The molecule has 1 aliphatic heterocycles. The molecule has 1 amide bonds. The number of carbonyl (C=O) groups is 1. The molecule has 1 saturated heterocycles. The molecule has 1 aliphatic rings. The molecule has 0 atom stereocenters. The van der Waals surface area contributed by atoms with Crippen LogP contribution in [0, 0.1) is 5.92 Å². The number of hydrogen-bond acceptors (Lipinski definition) is 4. The van der Waals surface area contributed by atoms with Gasteiger partial charge in [0, 0.05) is 41.7 Å². The Balaban J connectivity index is 1.24. The van der Waals surface area contributed by atoms with Crippen LogP contribution < -0.4 is 14.8 Å². The van der Waals surface area contributed by atoms with Gasteiger partial charge in [-0.05, 0) is 62.2 Å². The minimum atomic E-state index is 0.0893. The molecule has 2 aromatic carbocycles. The zero-order valence-corrected chi connectivity index (χ0v) is 18.3. The summed E-state index contributed by atoms with van der Waals surface area (Å²) in [6.07, 6.45) is 4.64. The first-order chi connectivity index (χ1) is 15.2. The van der Waals surface area contributed by atoms with E-state index in [1.165, 1.54) is 10.9 Å². The van der Waals surface area contributed by atoms with Crippen LogP contribution in [0.2, 0.25) is 0 Å². The van der Waals surface area contributed by atoms with Gasteiger partial charge in [-0.2, -0.15) is 0 Å². The minimum Gasteiger partial charge on any atom is -0.497 e. The van der Waals surface area contributed by atoms with E-state index in [2.05, 4.69) is 27.3 Å². The number of methoxy groups -OCH3 is 2. The molecule has 1 aromatic heterocycles. The summed E-state index contributed by atoms with van der Waals surface area (Å²) in [5, 5.41) is 4.38. The average molecular weight is 422 g/mol. The largest absolute Gasteiger partial charge is 0.497 e. The lowest BCUT2D eigenvalue weighted by atomic mass is 9.95. The van der Waals surface area contributed by atoms with Gasteiger partial charge < -0.3 is 19.8 Å². The van der Waals surface area contributed by atoms with E-state index in [4.69, 9.17) is 9.47 Å². The Bertz CT molecular complexity index is 1020. The van der Waals surface area contributed by atoms with Gasteiger partial charge in [0.25, 0.3) is 0 Å². The van der Waals surface area contributed by atoms with E-state index in [1.807, 2.05) is 36.5 Å². The van der Waals surface area contributed by atoms with Crippen molar-refractivity contribution in [3.05, 3.63) is 59.8 Å². The van der Waals surface area contributed by atoms with Crippen molar-refractivity contribution in [2.45, 2.75) is 25.8 Å². The number of piperidine rings is 1. The molecule has 4 rings (SSSR count). The number of H-pyrrole nitrogens is 1. The van der Waals surface area contributed by atoms with Crippen LogP contribution in [0.5, 0.6) is 11.5 Å². The lowest BCUT2D eigenvalue weighted by Gasteiger charge is -2.31. The molecule has 0 unspecified atom stereocenters. The molecule has 6 nitrogen and oxygen atoms in total. The van der Waals surface area contributed by atoms with E-state index < -0.39 is 0 Å². The lowest BCUT2D eigenvalue weighted by Crippen LogP contribution is -2.40. The third kappa shape index (κ3) is 5.02. The summed E-state index contributed by atoms with van der Waals surface area (Å²) in [6.45, 7) is 3.28. The van der Waals surface area contributed by atoms with E-state index in [0.717, 1.165) is 61.5 Å². The number of rotatable bonds is 8. The van der Waals surface area contributed by atoms with Crippen molar-refractivity contribution in [2.75, 3.05) is 33.9 Å². The number of carbonyl (C=O) groups excluding carboxylic acids is 1. The predicted octanol–water partition coefficient (Wildman–Crippen LogP) is 3.76. The number of amides is 1. The van der Waals surface area contributed by atoms with Crippen LogP contribution in [0.25, 0.3) is 10.9 Å². The number of nitrogens with one attached hydrogen (secondary N) is 2. The van der Waals surface area contributed by atoms with Crippen molar-refractivity contribution in [3.63, 3.8) is 0 Å². The molecule has 164 valence electrons. The molecule has 1 fully saturated rings. The number of likely N-dealkylation sites (tertiary alicyclic amines) is 1. The first-order valence-electron chi connectivity index (χ1n) is 10.9. The maximum absolute atomic E-state index is 12.7. The summed E-state index contributed by atoms with van der Waals surface area (Å²) in [5.41, 5.74) is 3.50. The number of hydrogen-bond donors (Lipinski definition) is 2. The molecule has 0 aliphatic carbocycles. The van der Waals surface area contributed by atoms with Crippen LogP contribution in [0.3, 0.4) is 0 Å². The van der Waals surface area contributed by atoms with Crippen molar-refractivity contribution in [1.29, 1.82) is 0 Å². The lowest BCUT2D eigenvalue weighted by molar-refractivity contribution is -0.126. The molecule has 0 spiro atoms. The molecule has 31 heavy (non-hydrogen) atoms. The van der Waals surface area contributed by atoms with Crippen LogP contribution in [0.15, 0.2) is 48.7 Å². The SMILES string of the molecule is COc1ccc(OC)c(CN2CCC(C(=O)NCCc3c[nH]c4ccccc34)CC2)c1. The molecular weight excluding hydrogens is 390 g/mol. The fourth-order valence-electron chi connectivity index (χ4n) is 4.40. The van der Waals surface area contributed by atoms with E-state index >= 15 is 0 Å². The summed E-state index contributed by atoms with van der Waals surface area (Å²) in [5.74, 6) is 1.98. The van der Waals surface area contributed by atoms with Gasteiger partial charge in [0.2, 0.25) is 5.91 Å². The normalized spacial score (nSPS) is 15.2. The van der Waals surface area contributed by atoms with Crippen LogP contribution in [-0.2, 0) is 17.8 Å². The molecule has 6 heteroatoms. The zero-order valence-electron chi connectivity index (χ0n) is 18.3. The Hall–Kier alpha value is -2.99. The van der Waals surface area contributed by atoms with E-state index in [9.17, 15) is 4.79 Å². The van der Waals surface area contributed by atoms with Gasteiger partial charge in [0.05, 0.1) is 14.2 Å². The second-order valence-corrected chi connectivity index (χ2v) is 8.13. The number of fused-ring (bicyclic) bond motifs is 1. The molecule has 2 N–H and O–H groups in total. The quantitative estimate of drug-likeness (QED) is 0.581. The molecular formula is C25H31N3O3. The van der Waals surface area contributed by atoms with Gasteiger partial charge in [0.1, 0.15) is 11.5 Å². The Morgan fingerprint density at radius 1 is 1.10 bits per heavy atom. The standard InChI is InChI=1S/C25H31N3O3/c1-30-21-7-8-24(31-2)20(15-21)17-28-13-10-18(11-14-28)25(29)26-12-9-19-16-27-23-6-4-3-5-22(19)23/h3-8,15-16,18,27H,9-14,17H2,1-2H3,(H,26,29). The fraction of sp³-hybridized carbons (Fsp3) is 0.400. The van der Waals surface area contributed by atoms with Crippen LogP contribution >= 0.6 is 0 Å². The molecule has 3 aromatic rings. The first kappa shape index (κ1) is 21.2. The Morgan fingerprint density at radius 2 is 1.90 bits per heavy atom. The Labute approximate surface area is 183 Å². The smallest absolute Gasteiger partial charge is 0.223 e. The third-order valence-corrected chi connectivity index (χ3v) is 6.21. The van der Waals surface area contributed by atoms with Crippen molar-refractivity contribution < 1.29 is 14.3 Å². The van der Waals surface area contributed by atoms with E-state index in [-0.39, 0.29) is 11.8 Å². The highest BCUT2D eigenvalue weighted by molar-refractivity contribution is 5.83. The molecule has 0 radical (unpaired) electrons. The van der Waals surface area contributed by atoms with Gasteiger partial charge in [-0.1, -0.05) is 18.2 Å². The first-order valence-corrected chi connectivity index (χ1v) is 10.9. The highest BCUT2D eigenvalue weighted by Gasteiger charge is 2.25. The van der Waals surface area contributed by atoms with Crippen molar-refractivity contribution >= 4 is 16.8 Å². The fourth-order valence-corrected chi connectivity index (χ4v) is 4.40. The number of benzene rings is 2. The second kappa shape index (κ2) is 9.88. The van der Waals surface area contributed by atoms with Crippen molar-refractivity contribution in [3.8, 4) is 11.5 Å². The number of nitrogens with zero attached hydrogens (tertiary/aromatic N) is 1. The predicted molar refractivity (Wildman–Crippen MR) is 123 cm³/mol. The number of aromatic amines is 1. The molecule has 0 saturated carbocycles. The number of aromatic nitrogens is 1. The summed E-state index contributed by atoms with van der Waals surface area (Å²) < 4.78 is 10.8. The van der Waals surface area contributed by atoms with Crippen LogP contribution in [0.4, 0.5) is 0 Å². The van der Waals surface area contributed by atoms with Crippen LogP contribution in [0.1, 0.15) is 24.0 Å². The highest BCUT2D eigenvalue weighted by atomic mass is 16.5. The van der Waals surface area contributed by atoms with Gasteiger partial charge >= 0.3 is 0 Å². The van der Waals surface area contributed by atoms with Gasteiger partial charge in [-0.15, -0.1) is 0 Å². The maximum atomic E-state index is 12.7. The monoisotopic (exact) mass is 421 g/mol. The summed E-state index contributed by atoms with van der Waals surface area (Å²) in [4.78, 5) is 18.3. The third-order valence-electron chi connectivity index (χ3n) is 6.21. The van der Waals surface area contributed by atoms with Gasteiger partial charge in [-0.25, -0.2) is 0 Å². The minimum absolute atomic E-state index is 0.0893. The Morgan fingerprint density at radius 3 is 2.68 bits per heavy atom. The molecule has 0 bridgehead atoms. The van der Waals surface area contributed by atoms with Crippen molar-refractivity contribution in [2.24, 2.45) is 5.92 Å². The Kier molecular flexibility index (Phi) is 6.77. The summed E-state index contributed by atoms with van der Waals surface area (Å²) in [6, 6.07) is 14.2.